The Hall–Kier alpha value is -1.53. The van der Waals surface area contributed by atoms with Crippen LogP contribution in [0.5, 0.6) is 0 Å². The molecule has 0 bridgehead atoms. The number of aromatic nitrogens is 1. The van der Waals surface area contributed by atoms with Crippen LogP contribution in [-0.2, 0) is 21.3 Å². The van der Waals surface area contributed by atoms with Crippen molar-refractivity contribution in [1.29, 1.82) is 0 Å². The molecule has 1 heterocycles. The highest BCUT2D eigenvalue weighted by atomic mass is 32.2. The summed E-state index contributed by atoms with van der Waals surface area (Å²) in [5.74, 6) is 0.451. The van der Waals surface area contributed by atoms with Crippen molar-refractivity contribution < 1.29 is 9.00 Å². The number of benzene rings is 1. The quantitative estimate of drug-likeness (QED) is 0.889. The second-order valence-corrected chi connectivity index (χ2v) is 7.32. The number of amides is 1. The van der Waals surface area contributed by atoms with E-state index in [2.05, 4.69) is 24.1 Å². The van der Waals surface area contributed by atoms with Gasteiger partial charge in [-0.25, -0.2) is 4.98 Å². The molecule has 1 aromatic carbocycles. The largest absolute Gasteiger partial charge is 0.325 e. The molecular weight excluding hydrogens is 304 g/mol. The summed E-state index contributed by atoms with van der Waals surface area (Å²) in [4.78, 5) is 16.2. The van der Waals surface area contributed by atoms with E-state index in [0.29, 0.717) is 11.7 Å². The van der Waals surface area contributed by atoms with Gasteiger partial charge in [0.05, 0.1) is 16.5 Å². The Balaban J connectivity index is 1.85. The molecule has 1 unspecified atom stereocenters. The average Bonchev–Trinajstić information content (AvgIpc) is 2.88. The van der Waals surface area contributed by atoms with Crippen molar-refractivity contribution in [1.82, 2.24) is 4.98 Å². The highest BCUT2D eigenvalue weighted by Crippen LogP contribution is 2.19. The normalized spacial score (nSPS) is 12.3. The van der Waals surface area contributed by atoms with Gasteiger partial charge in [0, 0.05) is 27.8 Å². The van der Waals surface area contributed by atoms with Crippen LogP contribution in [0.1, 0.15) is 30.5 Å². The number of carbonyl (C=O) groups excluding carboxylic acids is 1. The molecule has 2 rings (SSSR count). The van der Waals surface area contributed by atoms with Gasteiger partial charge in [-0.05, 0) is 12.1 Å². The zero-order valence-corrected chi connectivity index (χ0v) is 13.7. The van der Waals surface area contributed by atoms with Gasteiger partial charge in [-0.3, -0.25) is 9.00 Å². The molecule has 21 heavy (non-hydrogen) atoms. The van der Waals surface area contributed by atoms with E-state index >= 15 is 0 Å². The molecule has 0 saturated heterocycles. The summed E-state index contributed by atoms with van der Waals surface area (Å²) in [7, 11) is -1.24. The molecule has 6 heteroatoms. The van der Waals surface area contributed by atoms with Crippen molar-refractivity contribution in [2.24, 2.45) is 0 Å². The summed E-state index contributed by atoms with van der Waals surface area (Å²) in [6.07, 6.45) is 0. The fourth-order valence-corrected chi connectivity index (χ4v) is 3.62. The van der Waals surface area contributed by atoms with Gasteiger partial charge in [-0.1, -0.05) is 32.0 Å². The molecule has 0 aliphatic rings. The summed E-state index contributed by atoms with van der Waals surface area (Å²) in [6, 6.07) is 9.17. The third kappa shape index (κ3) is 5.06. The van der Waals surface area contributed by atoms with Crippen LogP contribution in [-0.4, -0.2) is 20.9 Å². The van der Waals surface area contributed by atoms with Gasteiger partial charge in [0.2, 0.25) is 5.91 Å². The molecule has 1 amide bonds. The molecule has 2 aromatic rings. The minimum absolute atomic E-state index is 0.0105. The molecule has 0 radical (unpaired) electrons. The number of nitrogens with zero attached hydrogens (tertiary/aromatic N) is 1. The van der Waals surface area contributed by atoms with Crippen LogP contribution in [0.15, 0.2) is 35.7 Å². The topological polar surface area (TPSA) is 59.1 Å². The second kappa shape index (κ2) is 7.47. The first-order valence-corrected chi connectivity index (χ1v) is 9.05. The number of rotatable bonds is 6. The number of thiazole rings is 1. The lowest BCUT2D eigenvalue weighted by molar-refractivity contribution is -0.113. The van der Waals surface area contributed by atoms with Crippen molar-refractivity contribution in [3.8, 4) is 0 Å². The zero-order chi connectivity index (χ0) is 15.2. The van der Waals surface area contributed by atoms with Crippen LogP contribution >= 0.6 is 11.3 Å². The maximum Gasteiger partial charge on any atom is 0.237 e. The van der Waals surface area contributed by atoms with Crippen LogP contribution in [0.25, 0.3) is 0 Å². The first kappa shape index (κ1) is 15.9. The number of carbonyl (C=O) groups is 1. The van der Waals surface area contributed by atoms with E-state index in [4.69, 9.17) is 0 Å². The molecule has 0 aliphatic heterocycles. The third-order valence-electron chi connectivity index (χ3n) is 2.72. The lowest BCUT2D eigenvalue weighted by Crippen LogP contribution is -2.20. The maximum absolute atomic E-state index is 12.0. The van der Waals surface area contributed by atoms with Gasteiger partial charge in [0.15, 0.2) is 0 Å². The summed E-state index contributed by atoms with van der Waals surface area (Å²) in [5, 5.41) is 5.69. The maximum atomic E-state index is 12.0. The van der Waals surface area contributed by atoms with E-state index in [1.54, 1.807) is 23.5 Å². The Morgan fingerprint density at radius 2 is 2.05 bits per heavy atom. The third-order valence-corrected chi connectivity index (χ3v) is 5.12. The number of hydrogen-bond acceptors (Lipinski definition) is 4. The monoisotopic (exact) mass is 322 g/mol. The SMILES string of the molecule is CC(C)c1nc(CS(=O)CC(=O)Nc2ccccc2)cs1. The minimum atomic E-state index is -1.24. The van der Waals surface area contributed by atoms with Crippen LogP contribution in [0.3, 0.4) is 0 Å². The van der Waals surface area contributed by atoms with E-state index in [1.807, 2.05) is 23.6 Å². The highest BCUT2D eigenvalue weighted by molar-refractivity contribution is 7.84. The van der Waals surface area contributed by atoms with Crippen molar-refractivity contribution in [3.05, 3.63) is 46.4 Å². The van der Waals surface area contributed by atoms with Crippen molar-refractivity contribution in [3.63, 3.8) is 0 Å². The Labute approximate surface area is 131 Å². The molecule has 1 aromatic heterocycles. The highest BCUT2D eigenvalue weighted by Gasteiger charge is 2.12. The Bertz CT molecular complexity index is 624. The molecule has 0 saturated carbocycles. The molecule has 0 fully saturated rings. The fraction of sp³-hybridized carbons (Fsp3) is 0.333. The number of para-hydroxylation sites is 1. The number of anilines is 1. The summed E-state index contributed by atoms with van der Waals surface area (Å²) in [5.41, 5.74) is 1.52. The Morgan fingerprint density at radius 1 is 1.33 bits per heavy atom. The van der Waals surface area contributed by atoms with E-state index in [1.165, 1.54) is 0 Å². The average molecular weight is 322 g/mol. The summed E-state index contributed by atoms with van der Waals surface area (Å²) < 4.78 is 12.0. The standard InChI is InChI=1S/C15H18N2O2S2/c1-11(2)15-17-13(8-20-15)9-21(19)10-14(18)16-12-6-4-3-5-7-12/h3-8,11H,9-10H2,1-2H3,(H,16,18). The minimum Gasteiger partial charge on any atom is -0.325 e. The predicted molar refractivity (Wildman–Crippen MR) is 88.0 cm³/mol. The molecule has 0 aliphatic carbocycles. The second-order valence-electron chi connectivity index (χ2n) is 4.97. The molecule has 4 nitrogen and oxygen atoms in total. The first-order valence-electron chi connectivity index (χ1n) is 6.69. The fourth-order valence-electron chi connectivity index (χ4n) is 1.73. The molecule has 0 spiro atoms. The lowest BCUT2D eigenvalue weighted by atomic mass is 10.2. The van der Waals surface area contributed by atoms with Gasteiger partial charge in [0.25, 0.3) is 0 Å². The molecule has 112 valence electrons. The summed E-state index contributed by atoms with van der Waals surface area (Å²) in [6.45, 7) is 4.15. The lowest BCUT2D eigenvalue weighted by Gasteiger charge is -2.04. The number of nitrogens with one attached hydrogen (secondary N) is 1. The molecular formula is C15H18N2O2S2. The van der Waals surface area contributed by atoms with E-state index in [-0.39, 0.29) is 11.7 Å². The van der Waals surface area contributed by atoms with Crippen LogP contribution in [0, 0.1) is 0 Å². The smallest absolute Gasteiger partial charge is 0.237 e. The van der Waals surface area contributed by atoms with Crippen molar-refractivity contribution in [2.45, 2.75) is 25.5 Å². The molecule has 1 atom stereocenters. The predicted octanol–water partition coefficient (Wildman–Crippen LogP) is 3.15. The van der Waals surface area contributed by atoms with E-state index in [9.17, 15) is 9.00 Å². The van der Waals surface area contributed by atoms with Crippen LogP contribution in [0.2, 0.25) is 0 Å². The van der Waals surface area contributed by atoms with Gasteiger partial charge in [-0.15, -0.1) is 11.3 Å². The van der Waals surface area contributed by atoms with Gasteiger partial charge in [0.1, 0.15) is 5.75 Å². The first-order chi connectivity index (χ1) is 10.0. The van der Waals surface area contributed by atoms with E-state index in [0.717, 1.165) is 16.4 Å². The van der Waals surface area contributed by atoms with Gasteiger partial charge in [-0.2, -0.15) is 0 Å². The van der Waals surface area contributed by atoms with Crippen LogP contribution in [0.4, 0.5) is 5.69 Å². The Morgan fingerprint density at radius 3 is 2.67 bits per heavy atom. The van der Waals surface area contributed by atoms with Gasteiger partial charge < -0.3 is 5.32 Å². The number of hydrogen-bond donors (Lipinski definition) is 1. The van der Waals surface area contributed by atoms with Crippen molar-refractivity contribution in [2.75, 3.05) is 11.1 Å². The van der Waals surface area contributed by atoms with Crippen LogP contribution < -0.4 is 5.32 Å². The zero-order valence-electron chi connectivity index (χ0n) is 12.0. The summed E-state index contributed by atoms with van der Waals surface area (Å²) >= 11 is 1.58. The Kier molecular flexibility index (Phi) is 5.64. The molecule has 1 N–H and O–H groups in total. The van der Waals surface area contributed by atoms with E-state index < -0.39 is 10.8 Å². The van der Waals surface area contributed by atoms with Crippen molar-refractivity contribution >= 4 is 33.7 Å². The van der Waals surface area contributed by atoms with Gasteiger partial charge >= 0.3 is 0 Å².